The average molecular weight is 327 g/mol. The number of sulfonamides is 1. The molecule has 108 valence electrons. The zero-order valence-corrected chi connectivity index (χ0v) is 12.9. The number of nitrogens with zero attached hydrogens (tertiary/aromatic N) is 1. The normalized spacial score (nSPS) is 11.7. The lowest BCUT2D eigenvalue weighted by atomic mass is 10.4. The summed E-state index contributed by atoms with van der Waals surface area (Å²) in [4.78, 5) is 3.70. The number of rotatable bonds is 8. The predicted molar refractivity (Wildman–Crippen MR) is 75.2 cm³/mol. The SMILES string of the molecule is CCCOCCCNS(=O)(=O)c1cnc(Cl)c(Cl)c1. The van der Waals surface area contributed by atoms with Gasteiger partial charge in [-0.1, -0.05) is 30.1 Å². The van der Waals surface area contributed by atoms with Gasteiger partial charge in [-0.05, 0) is 18.9 Å². The molecule has 1 aromatic rings. The molecule has 0 saturated carbocycles. The predicted octanol–water partition coefficient (Wildman–Crippen LogP) is 2.48. The maximum atomic E-state index is 11.9. The molecule has 0 amide bonds. The van der Waals surface area contributed by atoms with Gasteiger partial charge in [0.2, 0.25) is 10.0 Å². The van der Waals surface area contributed by atoms with Crippen molar-refractivity contribution in [2.24, 2.45) is 0 Å². The molecule has 0 saturated heterocycles. The number of ether oxygens (including phenoxy) is 1. The molecule has 0 aliphatic rings. The maximum Gasteiger partial charge on any atom is 0.242 e. The molecule has 1 aromatic heterocycles. The van der Waals surface area contributed by atoms with E-state index in [0.29, 0.717) is 26.2 Å². The molecule has 5 nitrogen and oxygen atoms in total. The monoisotopic (exact) mass is 326 g/mol. The van der Waals surface area contributed by atoms with Gasteiger partial charge in [-0.25, -0.2) is 18.1 Å². The molecule has 0 atom stereocenters. The Kier molecular flexibility index (Phi) is 7.02. The lowest BCUT2D eigenvalue weighted by Crippen LogP contribution is -2.25. The fourth-order valence-corrected chi connectivity index (χ4v) is 2.64. The molecule has 1 rings (SSSR count). The number of hydrogen-bond acceptors (Lipinski definition) is 4. The number of halogens is 2. The van der Waals surface area contributed by atoms with Gasteiger partial charge in [0, 0.05) is 26.0 Å². The van der Waals surface area contributed by atoms with Gasteiger partial charge in [0.05, 0.1) is 5.02 Å². The molecule has 8 heteroatoms. The van der Waals surface area contributed by atoms with Gasteiger partial charge in [-0.3, -0.25) is 0 Å². The molecule has 1 N–H and O–H groups in total. The topological polar surface area (TPSA) is 68.3 Å². The van der Waals surface area contributed by atoms with E-state index in [-0.39, 0.29) is 15.1 Å². The highest BCUT2D eigenvalue weighted by Crippen LogP contribution is 2.21. The van der Waals surface area contributed by atoms with Crippen molar-refractivity contribution in [3.05, 3.63) is 22.4 Å². The first-order chi connectivity index (χ1) is 8.97. The van der Waals surface area contributed by atoms with Crippen LogP contribution in [0.5, 0.6) is 0 Å². The van der Waals surface area contributed by atoms with E-state index >= 15 is 0 Å². The van der Waals surface area contributed by atoms with Gasteiger partial charge >= 0.3 is 0 Å². The second kappa shape index (κ2) is 8.01. The molecule has 0 unspecified atom stereocenters. The molecule has 0 spiro atoms. The summed E-state index contributed by atoms with van der Waals surface area (Å²) in [5.41, 5.74) is 0. The molecular formula is C11H16Cl2N2O3S. The van der Waals surface area contributed by atoms with Crippen LogP contribution in [-0.4, -0.2) is 33.2 Å². The van der Waals surface area contributed by atoms with Crippen molar-refractivity contribution < 1.29 is 13.2 Å². The Hall–Kier alpha value is -0.400. The van der Waals surface area contributed by atoms with Crippen molar-refractivity contribution >= 4 is 33.2 Å². The number of hydrogen-bond donors (Lipinski definition) is 1. The van der Waals surface area contributed by atoms with E-state index in [1.807, 2.05) is 6.92 Å². The molecule has 0 fully saturated rings. The zero-order chi connectivity index (χ0) is 14.3. The van der Waals surface area contributed by atoms with E-state index in [2.05, 4.69) is 9.71 Å². The van der Waals surface area contributed by atoms with Crippen molar-refractivity contribution in [1.82, 2.24) is 9.71 Å². The molecule has 0 aromatic carbocycles. The third-order valence-electron chi connectivity index (χ3n) is 2.19. The van der Waals surface area contributed by atoms with Crippen LogP contribution >= 0.6 is 23.2 Å². The minimum Gasteiger partial charge on any atom is -0.381 e. The first-order valence-electron chi connectivity index (χ1n) is 5.86. The lowest BCUT2D eigenvalue weighted by molar-refractivity contribution is 0.133. The third kappa shape index (κ3) is 5.62. The highest BCUT2D eigenvalue weighted by Gasteiger charge is 2.15. The van der Waals surface area contributed by atoms with E-state index in [4.69, 9.17) is 27.9 Å². The van der Waals surface area contributed by atoms with Crippen LogP contribution in [0.1, 0.15) is 19.8 Å². The Balaban J connectivity index is 2.49. The van der Waals surface area contributed by atoms with Crippen LogP contribution in [0, 0.1) is 0 Å². The molecule has 0 radical (unpaired) electrons. The molecule has 0 aliphatic heterocycles. The third-order valence-corrected chi connectivity index (χ3v) is 4.30. The minimum atomic E-state index is -3.60. The van der Waals surface area contributed by atoms with E-state index in [0.717, 1.165) is 6.42 Å². The van der Waals surface area contributed by atoms with Crippen LogP contribution in [-0.2, 0) is 14.8 Å². The number of aromatic nitrogens is 1. The van der Waals surface area contributed by atoms with E-state index in [1.165, 1.54) is 12.3 Å². The van der Waals surface area contributed by atoms with Gasteiger partial charge < -0.3 is 4.74 Å². The van der Waals surface area contributed by atoms with E-state index in [9.17, 15) is 8.42 Å². The van der Waals surface area contributed by atoms with Crippen molar-refractivity contribution in [2.75, 3.05) is 19.8 Å². The molecule has 1 heterocycles. The summed E-state index contributed by atoms with van der Waals surface area (Å²) in [5, 5.41) is 0.185. The van der Waals surface area contributed by atoms with Crippen LogP contribution in [0.3, 0.4) is 0 Å². The Morgan fingerprint density at radius 2 is 2.11 bits per heavy atom. The fraction of sp³-hybridized carbons (Fsp3) is 0.545. The first-order valence-corrected chi connectivity index (χ1v) is 8.09. The van der Waals surface area contributed by atoms with Crippen molar-refractivity contribution in [3.8, 4) is 0 Å². The lowest BCUT2D eigenvalue weighted by Gasteiger charge is -2.07. The molecule has 0 bridgehead atoms. The second-order valence-electron chi connectivity index (χ2n) is 3.81. The summed E-state index contributed by atoms with van der Waals surface area (Å²) in [6.07, 6.45) is 2.72. The second-order valence-corrected chi connectivity index (χ2v) is 6.34. The minimum absolute atomic E-state index is 0.00336. The highest BCUT2D eigenvalue weighted by atomic mass is 35.5. The standard InChI is InChI=1S/C11H16Cl2N2O3S/c1-2-5-18-6-3-4-15-19(16,17)9-7-10(12)11(13)14-8-9/h7-8,15H,2-6H2,1H3. The summed E-state index contributed by atoms with van der Waals surface area (Å²) in [5.74, 6) is 0. The number of pyridine rings is 1. The van der Waals surface area contributed by atoms with Crippen molar-refractivity contribution in [2.45, 2.75) is 24.7 Å². The van der Waals surface area contributed by atoms with Crippen molar-refractivity contribution in [1.29, 1.82) is 0 Å². The van der Waals surface area contributed by atoms with Crippen LogP contribution in [0.4, 0.5) is 0 Å². The van der Waals surface area contributed by atoms with Crippen molar-refractivity contribution in [3.63, 3.8) is 0 Å². The maximum absolute atomic E-state index is 11.9. The Labute approximate surface area is 123 Å². The van der Waals surface area contributed by atoms with Gasteiger partial charge in [0.15, 0.2) is 0 Å². The summed E-state index contributed by atoms with van der Waals surface area (Å²) in [6.45, 7) is 3.52. The van der Waals surface area contributed by atoms with Crippen LogP contribution in [0.25, 0.3) is 0 Å². The first kappa shape index (κ1) is 16.7. The molecule has 19 heavy (non-hydrogen) atoms. The smallest absolute Gasteiger partial charge is 0.242 e. The fourth-order valence-electron chi connectivity index (χ4n) is 1.26. The number of nitrogens with one attached hydrogen (secondary N) is 1. The zero-order valence-electron chi connectivity index (χ0n) is 10.5. The van der Waals surface area contributed by atoms with Gasteiger partial charge in [0.1, 0.15) is 10.0 Å². The van der Waals surface area contributed by atoms with Crippen LogP contribution < -0.4 is 4.72 Å². The highest BCUT2D eigenvalue weighted by molar-refractivity contribution is 7.89. The van der Waals surface area contributed by atoms with Gasteiger partial charge in [-0.15, -0.1) is 0 Å². The largest absolute Gasteiger partial charge is 0.381 e. The quantitative estimate of drug-likeness (QED) is 0.588. The summed E-state index contributed by atoms with van der Waals surface area (Å²) in [7, 11) is -3.60. The molecule has 0 aliphatic carbocycles. The van der Waals surface area contributed by atoms with Gasteiger partial charge in [0.25, 0.3) is 0 Å². The molecular weight excluding hydrogens is 311 g/mol. The Bertz CT molecular complexity index is 509. The summed E-state index contributed by atoms with van der Waals surface area (Å²) < 4.78 is 31.5. The Morgan fingerprint density at radius 3 is 2.74 bits per heavy atom. The van der Waals surface area contributed by atoms with Gasteiger partial charge in [-0.2, -0.15) is 0 Å². The Morgan fingerprint density at radius 1 is 1.37 bits per heavy atom. The summed E-state index contributed by atoms with van der Waals surface area (Å²) >= 11 is 11.4. The van der Waals surface area contributed by atoms with Crippen LogP contribution in [0.2, 0.25) is 10.2 Å². The summed E-state index contributed by atoms with van der Waals surface area (Å²) in [6, 6.07) is 1.27. The van der Waals surface area contributed by atoms with E-state index < -0.39 is 10.0 Å². The van der Waals surface area contributed by atoms with E-state index in [1.54, 1.807) is 0 Å². The average Bonchev–Trinajstić information content (AvgIpc) is 2.36. The van der Waals surface area contributed by atoms with Crippen LogP contribution in [0.15, 0.2) is 17.2 Å².